The minimum atomic E-state index is -2.43. The summed E-state index contributed by atoms with van der Waals surface area (Å²) in [6.07, 6.45) is -2.43. The highest BCUT2D eigenvalue weighted by Gasteiger charge is 2.12. The predicted octanol–water partition coefficient (Wildman–Crippen LogP) is 3.26. The molecule has 0 unspecified atom stereocenters. The van der Waals surface area contributed by atoms with Gasteiger partial charge in [-0.3, -0.25) is 0 Å². The highest BCUT2D eigenvalue weighted by atomic mass is 19.3. The van der Waals surface area contributed by atoms with Crippen molar-refractivity contribution in [3.8, 4) is 0 Å². The van der Waals surface area contributed by atoms with Crippen LogP contribution in [0.2, 0.25) is 0 Å². The van der Waals surface area contributed by atoms with E-state index in [-0.39, 0.29) is 12.1 Å². The lowest BCUT2D eigenvalue weighted by Crippen LogP contribution is -2.34. The van der Waals surface area contributed by atoms with Gasteiger partial charge in [0.1, 0.15) is 18.1 Å². The summed E-state index contributed by atoms with van der Waals surface area (Å²) in [6, 6.07) is 1.85. The molecular formula is C13H21F2NO2. The Kier molecular flexibility index (Phi) is 5.28. The molecule has 0 aromatic carbocycles. The van der Waals surface area contributed by atoms with Crippen LogP contribution in [0.15, 0.2) is 10.5 Å². The number of rotatable bonds is 6. The first-order chi connectivity index (χ1) is 8.28. The molecule has 0 bridgehead atoms. The minimum Gasteiger partial charge on any atom is -0.465 e. The summed E-state index contributed by atoms with van der Waals surface area (Å²) < 4.78 is 34.3. The van der Waals surface area contributed by atoms with E-state index >= 15 is 0 Å². The summed E-state index contributed by atoms with van der Waals surface area (Å²) in [5.41, 5.74) is 0.828. The van der Waals surface area contributed by atoms with Crippen molar-refractivity contribution in [1.82, 2.24) is 5.32 Å². The zero-order chi connectivity index (χ0) is 13.8. The molecule has 0 atom stereocenters. The number of alkyl halides is 2. The van der Waals surface area contributed by atoms with E-state index in [0.29, 0.717) is 6.54 Å². The quantitative estimate of drug-likeness (QED) is 0.853. The van der Waals surface area contributed by atoms with E-state index in [9.17, 15) is 8.78 Å². The zero-order valence-electron chi connectivity index (χ0n) is 11.3. The molecule has 104 valence electrons. The first kappa shape index (κ1) is 15.1. The van der Waals surface area contributed by atoms with Crippen molar-refractivity contribution in [2.75, 3.05) is 6.61 Å². The van der Waals surface area contributed by atoms with Crippen LogP contribution in [-0.4, -0.2) is 18.6 Å². The SMILES string of the molecule is Cc1oc(CNC(C)(C)C)cc1COCC(F)F. The summed E-state index contributed by atoms with van der Waals surface area (Å²) in [4.78, 5) is 0. The highest BCUT2D eigenvalue weighted by Crippen LogP contribution is 2.16. The first-order valence-corrected chi connectivity index (χ1v) is 5.97. The first-order valence-electron chi connectivity index (χ1n) is 5.97. The molecule has 0 aliphatic rings. The Morgan fingerprint density at radius 2 is 2.06 bits per heavy atom. The maximum absolute atomic E-state index is 11.9. The zero-order valence-corrected chi connectivity index (χ0v) is 11.3. The second-order valence-corrected chi connectivity index (χ2v) is 5.30. The van der Waals surface area contributed by atoms with Gasteiger partial charge in [0.2, 0.25) is 0 Å². The lowest BCUT2D eigenvalue weighted by molar-refractivity contribution is 0.00953. The maximum Gasteiger partial charge on any atom is 0.261 e. The Balaban J connectivity index is 2.48. The summed E-state index contributed by atoms with van der Waals surface area (Å²) in [6.45, 7) is 8.23. The molecule has 0 aliphatic heterocycles. The summed E-state index contributed by atoms with van der Waals surface area (Å²) >= 11 is 0. The maximum atomic E-state index is 11.9. The van der Waals surface area contributed by atoms with Crippen molar-refractivity contribution < 1.29 is 17.9 Å². The second kappa shape index (κ2) is 6.29. The Morgan fingerprint density at radius 3 is 2.61 bits per heavy atom. The van der Waals surface area contributed by atoms with Crippen LogP contribution in [0.25, 0.3) is 0 Å². The third-order valence-corrected chi connectivity index (χ3v) is 2.37. The monoisotopic (exact) mass is 261 g/mol. The molecule has 1 aromatic rings. The van der Waals surface area contributed by atoms with Gasteiger partial charge in [0.05, 0.1) is 13.2 Å². The van der Waals surface area contributed by atoms with Crippen LogP contribution < -0.4 is 5.32 Å². The van der Waals surface area contributed by atoms with Crippen LogP contribution in [0, 0.1) is 6.92 Å². The van der Waals surface area contributed by atoms with Gasteiger partial charge in [-0.2, -0.15) is 0 Å². The normalized spacial score (nSPS) is 12.4. The average Bonchev–Trinajstić information content (AvgIpc) is 2.55. The predicted molar refractivity (Wildman–Crippen MR) is 65.7 cm³/mol. The van der Waals surface area contributed by atoms with Crippen LogP contribution in [0.1, 0.15) is 37.9 Å². The van der Waals surface area contributed by atoms with Crippen LogP contribution in [0.4, 0.5) is 8.78 Å². The molecule has 18 heavy (non-hydrogen) atoms. The smallest absolute Gasteiger partial charge is 0.261 e. The van der Waals surface area contributed by atoms with E-state index in [2.05, 4.69) is 26.1 Å². The molecule has 1 rings (SSSR count). The molecule has 5 heteroatoms. The number of halogens is 2. The molecule has 0 saturated carbocycles. The van der Waals surface area contributed by atoms with Crippen molar-refractivity contribution in [3.63, 3.8) is 0 Å². The molecule has 1 heterocycles. The van der Waals surface area contributed by atoms with E-state index in [1.165, 1.54) is 0 Å². The van der Waals surface area contributed by atoms with Gasteiger partial charge >= 0.3 is 0 Å². The van der Waals surface area contributed by atoms with Crippen LogP contribution in [0.3, 0.4) is 0 Å². The summed E-state index contributed by atoms with van der Waals surface area (Å²) in [5, 5.41) is 3.30. The number of aryl methyl sites for hydroxylation is 1. The van der Waals surface area contributed by atoms with Crippen LogP contribution in [0.5, 0.6) is 0 Å². The fraction of sp³-hybridized carbons (Fsp3) is 0.692. The Labute approximate surface area is 107 Å². The Hall–Kier alpha value is -0.940. The largest absolute Gasteiger partial charge is 0.465 e. The van der Waals surface area contributed by atoms with E-state index in [1.807, 2.05) is 13.0 Å². The standard InChI is InChI=1S/C13H21F2NO2/c1-9-10(7-17-8-12(14)15)5-11(18-9)6-16-13(2,3)4/h5,12,16H,6-8H2,1-4H3. The molecule has 1 N–H and O–H groups in total. The van der Waals surface area contributed by atoms with Gasteiger partial charge in [0.15, 0.2) is 0 Å². The van der Waals surface area contributed by atoms with E-state index in [4.69, 9.17) is 9.15 Å². The average molecular weight is 261 g/mol. The van der Waals surface area contributed by atoms with Gasteiger partial charge in [0.25, 0.3) is 6.43 Å². The number of ether oxygens (including phenoxy) is 1. The van der Waals surface area contributed by atoms with Crippen molar-refractivity contribution in [3.05, 3.63) is 23.2 Å². The number of hydrogen-bond donors (Lipinski definition) is 1. The second-order valence-electron chi connectivity index (χ2n) is 5.30. The molecular weight excluding hydrogens is 240 g/mol. The number of hydrogen-bond acceptors (Lipinski definition) is 3. The van der Waals surface area contributed by atoms with Crippen molar-refractivity contribution in [1.29, 1.82) is 0 Å². The third kappa shape index (κ3) is 5.60. The van der Waals surface area contributed by atoms with E-state index in [1.54, 1.807) is 0 Å². The highest BCUT2D eigenvalue weighted by molar-refractivity contribution is 5.20. The Bertz CT molecular complexity index is 370. The van der Waals surface area contributed by atoms with Crippen LogP contribution >= 0.6 is 0 Å². The van der Waals surface area contributed by atoms with Crippen LogP contribution in [-0.2, 0) is 17.9 Å². The molecule has 0 aliphatic carbocycles. The van der Waals surface area contributed by atoms with Gasteiger partial charge in [-0.1, -0.05) is 0 Å². The van der Waals surface area contributed by atoms with Gasteiger partial charge in [-0.25, -0.2) is 8.78 Å². The summed E-state index contributed by atoms with van der Waals surface area (Å²) in [7, 11) is 0. The van der Waals surface area contributed by atoms with Crippen molar-refractivity contribution >= 4 is 0 Å². The lowest BCUT2D eigenvalue weighted by atomic mass is 10.1. The number of nitrogens with one attached hydrogen (secondary N) is 1. The number of furan rings is 1. The molecule has 3 nitrogen and oxygen atoms in total. The van der Waals surface area contributed by atoms with Gasteiger partial charge in [-0.15, -0.1) is 0 Å². The molecule has 0 spiro atoms. The molecule has 0 fully saturated rings. The molecule has 0 radical (unpaired) electrons. The molecule has 0 amide bonds. The Morgan fingerprint density at radius 1 is 1.39 bits per heavy atom. The van der Waals surface area contributed by atoms with Crippen molar-refractivity contribution in [2.45, 2.75) is 52.8 Å². The van der Waals surface area contributed by atoms with Gasteiger partial charge < -0.3 is 14.5 Å². The fourth-order valence-electron chi connectivity index (χ4n) is 1.43. The minimum absolute atomic E-state index is 0.00698. The topological polar surface area (TPSA) is 34.4 Å². The fourth-order valence-corrected chi connectivity index (χ4v) is 1.43. The lowest BCUT2D eigenvalue weighted by Gasteiger charge is -2.19. The summed E-state index contributed by atoms with van der Waals surface area (Å²) in [5.74, 6) is 1.51. The van der Waals surface area contributed by atoms with E-state index < -0.39 is 13.0 Å². The van der Waals surface area contributed by atoms with Gasteiger partial charge in [-0.05, 0) is 33.8 Å². The van der Waals surface area contributed by atoms with Crippen molar-refractivity contribution in [2.24, 2.45) is 0 Å². The third-order valence-electron chi connectivity index (χ3n) is 2.37. The van der Waals surface area contributed by atoms with Gasteiger partial charge in [0, 0.05) is 11.1 Å². The molecule has 0 saturated heterocycles. The van der Waals surface area contributed by atoms with E-state index in [0.717, 1.165) is 17.1 Å². The molecule has 1 aromatic heterocycles.